The third-order valence-electron chi connectivity index (χ3n) is 2.72. The summed E-state index contributed by atoms with van der Waals surface area (Å²) in [6, 6.07) is 13.0. The fourth-order valence-corrected chi connectivity index (χ4v) is 2.65. The summed E-state index contributed by atoms with van der Waals surface area (Å²) in [5.74, 6) is 0.721. The summed E-state index contributed by atoms with van der Waals surface area (Å²) < 4.78 is 7.41. The Kier molecular flexibility index (Phi) is 6.36. The van der Waals surface area contributed by atoms with Gasteiger partial charge in [0.2, 0.25) is 0 Å². The molecular formula is C15H14Br2ClNO2. The molecule has 21 heavy (non-hydrogen) atoms. The van der Waals surface area contributed by atoms with Gasteiger partial charge in [-0.15, -0.1) is 0 Å². The molecule has 112 valence electrons. The highest BCUT2D eigenvalue weighted by atomic mass is 79.9. The predicted molar refractivity (Wildman–Crippen MR) is 93.3 cm³/mol. The lowest BCUT2D eigenvalue weighted by molar-refractivity contribution is 0.117. The first kappa shape index (κ1) is 16.6. The number of halogens is 3. The fraction of sp³-hybridized carbons (Fsp3) is 0.200. The highest BCUT2D eigenvalue weighted by molar-refractivity contribution is 9.10. The molecule has 0 fully saturated rings. The maximum Gasteiger partial charge on any atom is 0.119 e. The van der Waals surface area contributed by atoms with Gasteiger partial charge in [-0.25, -0.2) is 0 Å². The Hall–Kier alpha value is -0.750. The molecule has 1 unspecified atom stereocenters. The van der Waals surface area contributed by atoms with Crippen molar-refractivity contribution >= 4 is 49.1 Å². The first-order valence-electron chi connectivity index (χ1n) is 6.30. The molecule has 0 aliphatic carbocycles. The molecule has 2 rings (SSSR count). The van der Waals surface area contributed by atoms with Crippen molar-refractivity contribution in [1.29, 1.82) is 0 Å². The Bertz CT molecular complexity index is 593. The lowest BCUT2D eigenvalue weighted by Gasteiger charge is -2.15. The van der Waals surface area contributed by atoms with E-state index in [9.17, 15) is 5.11 Å². The topological polar surface area (TPSA) is 41.5 Å². The average Bonchev–Trinajstić information content (AvgIpc) is 2.46. The monoisotopic (exact) mass is 433 g/mol. The van der Waals surface area contributed by atoms with Gasteiger partial charge in [-0.3, -0.25) is 0 Å². The van der Waals surface area contributed by atoms with Crippen molar-refractivity contribution in [2.45, 2.75) is 6.10 Å². The van der Waals surface area contributed by atoms with Gasteiger partial charge in [0.1, 0.15) is 18.5 Å². The van der Waals surface area contributed by atoms with Crippen LogP contribution in [0.15, 0.2) is 51.4 Å². The number of benzene rings is 2. The number of nitrogens with one attached hydrogen (secondary N) is 1. The van der Waals surface area contributed by atoms with E-state index in [-0.39, 0.29) is 6.61 Å². The first-order chi connectivity index (χ1) is 10.0. The summed E-state index contributed by atoms with van der Waals surface area (Å²) in [7, 11) is 0. The Morgan fingerprint density at radius 3 is 2.43 bits per heavy atom. The Labute approximate surface area is 145 Å². The van der Waals surface area contributed by atoms with Crippen LogP contribution in [-0.4, -0.2) is 24.4 Å². The third kappa shape index (κ3) is 5.51. The van der Waals surface area contributed by atoms with Gasteiger partial charge in [-0.2, -0.15) is 0 Å². The molecule has 0 aliphatic heterocycles. The predicted octanol–water partition coefficient (Wildman–Crippen LogP) is 4.72. The van der Waals surface area contributed by atoms with Crippen molar-refractivity contribution in [3.63, 3.8) is 0 Å². The van der Waals surface area contributed by atoms with E-state index < -0.39 is 6.10 Å². The molecule has 0 aliphatic rings. The minimum atomic E-state index is -0.631. The molecule has 0 radical (unpaired) electrons. The van der Waals surface area contributed by atoms with E-state index in [2.05, 4.69) is 37.2 Å². The quantitative estimate of drug-likeness (QED) is 0.690. The van der Waals surface area contributed by atoms with E-state index in [0.717, 1.165) is 20.4 Å². The summed E-state index contributed by atoms with van der Waals surface area (Å²) in [6.45, 7) is 0.570. The maximum absolute atomic E-state index is 9.92. The second-order valence-corrected chi connectivity index (χ2v) is 6.66. The van der Waals surface area contributed by atoms with Crippen LogP contribution in [0.1, 0.15) is 0 Å². The van der Waals surface area contributed by atoms with Gasteiger partial charge in [-0.1, -0.05) is 43.5 Å². The average molecular weight is 436 g/mol. The van der Waals surface area contributed by atoms with Crippen molar-refractivity contribution in [1.82, 2.24) is 0 Å². The van der Waals surface area contributed by atoms with Gasteiger partial charge in [0.15, 0.2) is 0 Å². The molecule has 2 aromatic carbocycles. The lowest BCUT2D eigenvalue weighted by Crippen LogP contribution is -2.26. The molecule has 2 N–H and O–H groups in total. The van der Waals surface area contributed by atoms with Crippen molar-refractivity contribution in [3.8, 4) is 5.75 Å². The van der Waals surface area contributed by atoms with Crippen LogP contribution in [0.5, 0.6) is 5.75 Å². The summed E-state index contributed by atoms with van der Waals surface area (Å²) in [5.41, 5.74) is 0.780. The molecule has 0 bridgehead atoms. The maximum atomic E-state index is 9.92. The van der Waals surface area contributed by atoms with Gasteiger partial charge in [0.25, 0.3) is 0 Å². The zero-order valence-electron chi connectivity index (χ0n) is 11.0. The Morgan fingerprint density at radius 1 is 1.10 bits per heavy atom. The molecule has 0 saturated heterocycles. The molecule has 0 heterocycles. The molecule has 6 heteroatoms. The molecule has 0 amide bonds. The van der Waals surface area contributed by atoms with Crippen LogP contribution >= 0.6 is 43.5 Å². The van der Waals surface area contributed by atoms with E-state index in [1.54, 1.807) is 6.07 Å². The van der Waals surface area contributed by atoms with Gasteiger partial charge in [-0.05, 0) is 42.5 Å². The minimum Gasteiger partial charge on any atom is -0.491 e. The smallest absolute Gasteiger partial charge is 0.119 e. The number of hydrogen-bond acceptors (Lipinski definition) is 3. The highest BCUT2D eigenvalue weighted by Crippen LogP contribution is 2.25. The summed E-state index contributed by atoms with van der Waals surface area (Å²) >= 11 is 12.8. The van der Waals surface area contributed by atoms with Crippen molar-refractivity contribution in [2.75, 3.05) is 18.5 Å². The van der Waals surface area contributed by atoms with E-state index in [4.69, 9.17) is 16.3 Å². The number of anilines is 1. The largest absolute Gasteiger partial charge is 0.491 e. The Morgan fingerprint density at radius 2 is 1.76 bits per heavy atom. The van der Waals surface area contributed by atoms with Gasteiger partial charge >= 0.3 is 0 Å². The summed E-state index contributed by atoms with van der Waals surface area (Å²) in [5, 5.41) is 13.6. The van der Waals surface area contributed by atoms with Crippen LogP contribution in [0.25, 0.3) is 0 Å². The summed E-state index contributed by atoms with van der Waals surface area (Å²) in [6.07, 6.45) is -0.631. The van der Waals surface area contributed by atoms with Crippen LogP contribution in [-0.2, 0) is 0 Å². The molecule has 3 nitrogen and oxygen atoms in total. The van der Waals surface area contributed by atoms with E-state index in [0.29, 0.717) is 11.6 Å². The van der Waals surface area contributed by atoms with Crippen LogP contribution in [0.3, 0.4) is 0 Å². The molecule has 2 aromatic rings. The normalized spacial score (nSPS) is 12.0. The zero-order valence-corrected chi connectivity index (χ0v) is 15.0. The number of rotatable bonds is 6. The van der Waals surface area contributed by atoms with Crippen molar-refractivity contribution < 1.29 is 9.84 Å². The van der Waals surface area contributed by atoms with E-state index >= 15 is 0 Å². The van der Waals surface area contributed by atoms with Gasteiger partial charge < -0.3 is 15.2 Å². The molecule has 0 aromatic heterocycles. The second kappa shape index (κ2) is 8.03. The van der Waals surface area contributed by atoms with Crippen LogP contribution < -0.4 is 10.1 Å². The zero-order chi connectivity index (χ0) is 15.2. The van der Waals surface area contributed by atoms with Crippen LogP contribution in [0, 0.1) is 0 Å². The minimum absolute atomic E-state index is 0.211. The SMILES string of the molecule is OC(CNc1ccc(Br)cc1Cl)COc1ccc(Br)cc1. The van der Waals surface area contributed by atoms with Crippen LogP contribution in [0.2, 0.25) is 5.02 Å². The summed E-state index contributed by atoms with van der Waals surface area (Å²) in [4.78, 5) is 0. The Balaban J connectivity index is 1.79. The van der Waals surface area contributed by atoms with E-state index in [1.807, 2.05) is 36.4 Å². The fourth-order valence-electron chi connectivity index (χ4n) is 1.64. The number of aliphatic hydroxyl groups is 1. The van der Waals surface area contributed by atoms with Crippen molar-refractivity contribution in [3.05, 3.63) is 56.4 Å². The molecule has 0 saturated carbocycles. The third-order valence-corrected chi connectivity index (χ3v) is 4.05. The van der Waals surface area contributed by atoms with Gasteiger partial charge in [0.05, 0.1) is 10.7 Å². The van der Waals surface area contributed by atoms with Gasteiger partial charge in [0, 0.05) is 15.5 Å². The molecular weight excluding hydrogens is 421 g/mol. The highest BCUT2D eigenvalue weighted by Gasteiger charge is 2.07. The van der Waals surface area contributed by atoms with E-state index in [1.165, 1.54) is 0 Å². The second-order valence-electron chi connectivity index (χ2n) is 4.42. The standard InChI is InChI=1S/C15H14Br2ClNO2/c16-10-1-4-13(5-2-10)21-9-12(20)8-19-15-6-3-11(17)7-14(15)18/h1-7,12,19-20H,8-9H2. The number of ether oxygens (including phenoxy) is 1. The van der Waals surface area contributed by atoms with Crippen molar-refractivity contribution in [2.24, 2.45) is 0 Å². The lowest BCUT2D eigenvalue weighted by atomic mass is 10.3. The van der Waals surface area contributed by atoms with Crippen LogP contribution in [0.4, 0.5) is 5.69 Å². The first-order valence-corrected chi connectivity index (χ1v) is 8.26. The molecule has 1 atom stereocenters. The number of aliphatic hydroxyl groups excluding tert-OH is 1. The molecule has 0 spiro atoms. The number of hydrogen-bond donors (Lipinski definition) is 2.